The van der Waals surface area contributed by atoms with Crippen LogP contribution in [0.5, 0.6) is 0 Å². The summed E-state index contributed by atoms with van der Waals surface area (Å²) in [5, 5.41) is 54.8. The second kappa shape index (κ2) is 62.9. The number of amides is 1. The highest BCUT2D eigenvalue weighted by atomic mass is 16.7. The zero-order chi connectivity index (χ0) is 60.7. The van der Waals surface area contributed by atoms with E-state index in [1.54, 1.807) is 6.08 Å². The number of rotatable bonds is 60. The number of hydrogen-bond acceptors (Lipinski definition) is 8. The molecule has 0 aromatic heterocycles. The predicted molar refractivity (Wildman–Crippen MR) is 359 cm³/mol. The Morgan fingerprint density at radius 2 is 0.738 bits per heavy atom. The number of unbranched alkanes of at least 4 members (excludes halogenated alkanes) is 34. The average molecular weight is 1170 g/mol. The van der Waals surface area contributed by atoms with E-state index in [9.17, 15) is 30.3 Å². The van der Waals surface area contributed by atoms with E-state index in [0.717, 1.165) is 116 Å². The van der Waals surface area contributed by atoms with Gasteiger partial charge < -0.3 is 40.3 Å². The van der Waals surface area contributed by atoms with Crippen molar-refractivity contribution in [3.05, 3.63) is 109 Å². The predicted octanol–water partition coefficient (Wildman–Crippen LogP) is 19.2. The second-order valence-corrected chi connectivity index (χ2v) is 23.9. The summed E-state index contributed by atoms with van der Waals surface area (Å²) in [6, 6.07) is -0.823. The van der Waals surface area contributed by atoms with Crippen LogP contribution in [-0.2, 0) is 14.3 Å². The van der Waals surface area contributed by atoms with Crippen molar-refractivity contribution in [3.8, 4) is 0 Å². The Morgan fingerprint density at radius 1 is 0.417 bits per heavy atom. The number of carbonyl (C=O) groups excluding carboxylic acids is 1. The molecule has 0 spiro atoms. The van der Waals surface area contributed by atoms with Crippen molar-refractivity contribution >= 4 is 5.91 Å². The molecule has 0 saturated carbocycles. The van der Waals surface area contributed by atoms with E-state index in [1.165, 1.54) is 167 Å². The molecule has 0 aliphatic carbocycles. The number of aliphatic hydroxyl groups is 5. The number of aliphatic hydroxyl groups excluding tert-OH is 5. The normalized spacial score (nSPS) is 18.9. The van der Waals surface area contributed by atoms with E-state index in [-0.39, 0.29) is 12.5 Å². The first-order valence-electron chi connectivity index (χ1n) is 35.1. The molecule has 0 aromatic rings. The molecule has 0 radical (unpaired) electrons. The molecule has 84 heavy (non-hydrogen) atoms. The van der Waals surface area contributed by atoms with Crippen molar-refractivity contribution in [3.63, 3.8) is 0 Å². The first-order chi connectivity index (χ1) is 41.3. The third-order valence-corrected chi connectivity index (χ3v) is 16.1. The van der Waals surface area contributed by atoms with Crippen LogP contribution in [0.2, 0.25) is 0 Å². The highest BCUT2D eigenvalue weighted by Gasteiger charge is 2.44. The molecule has 1 saturated heterocycles. The fourth-order valence-electron chi connectivity index (χ4n) is 10.6. The van der Waals surface area contributed by atoms with Gasteiger partial charge in [-0.15, -0.1) is 0 Å². The van der Waals surface area contributed by atoms with Crippen LogP contribution < -0.4 is 5.32 Å². The summed E-state index contributed by atoms with van der Waals surface area (Å²) < 4.78 is 11.3. The van der Waals surface area contributed by atoms with Crippen LogP contribution in [-0.4, -0.2) is 87.5 Å². The van der Waals surface area contributed by atoms with Crippen molar-refractivity contribution in [1.29, 1.82) is 0 Å². The second-order valence-electron chi connectivity index (χ2n) is 23.9. The first-order valence-corrected chi connectivity index (χ1v) is 35.1. The third kappa shape index (κ3) is 50.9. The fraction of sp³-hybridized carbons (Fsp3) is 0.747. The summed E-state index contributed by atoms with van der Waals surface area (Å²) in [6.45, 7) is 3.68. The van der Waals surface area contributed by atoms with E-state index in [4.69, 9.17) is 9.47 Å². The van der Waals surface area contributed by atoms with Gasteiger partial charge in [-0.3, -0.25) is 4.79 Å². The Labute approximate surface area is 516 Å². The minimum atomic E-state index is -1.58. The van der Waals surface area contributed by atoms with E-state index < -0.39 is 49.5 Å². The van der Waals surface area contributed by atoms with Gasteiger partial charge in [0, 0.05) is 6.42 Å². The molecule has 9 nitrogen and oxygen atoms in total. The average Bonchev–Trinajstić information content (AvgIpc) is 3.70. The van der Waals surface area contributed by atoms with E-state index in [2.05, 4.69) is 116 Å². The molecule has 9 heteroatoms. The van der Waals surface area contributed by atoms with Crippen molar-refractivity contribution in [1.82, 2.24) is 5.32 Å². The van der Waals surface area contributed by atoms with Crippen LogP contribution in [0.15, 0.2) is 109 Å². The van der Waals surface area contributed by atoms with Crippen LogP contribution in [0, 0.1) is 0 Å². The Morgan fingerprint density at radius 3 is 1.10 bits per heavy atom. The molecule has 1 fully saturated rings. The highest BCUT2D eigenvalue weighted by Crippen LogP contribution is 2.23. The van der Waals surface area contributed by atoms with E-state index >= 15 is 0 Å². The lowest BCUT2D eigenvalue weighted by molar-refractivity contribution is -0.302. The number of ether oxygens (including phenoxy) is 2. The summed E-state index contributed by atoms with van der Waals surface area (Å²) in [5.74, 6) is -0.192. The fourth-order valence-corrected chi connectivity index (χ4v) is 10.6. The molecule has 1 rings (SSSR count). The molecule has 1 heterocycles. The summed E-state index contributed by atoms with van der Waals surface area (Å²) in [6.07, 6.45) is 86.1. The minimum Gasteiger partial charge on any atom is -0.394 e. The van der Waals surface area contributed by atoms with Gasteiger partial charge in [-0.05, 0) is 83.5 Å². The van der Waals surface area contributed by atoms with Gasteiger partial charge in [0.15, 0.2) is 6.29 Å². The molecule has 6 N–H and O–H groups in total. The van der Waals surface area contributed by atoms with Crippen LogP contribution in [0.1, 0.15) is 303 Å². The van der Waals surface area contributed by atoms with Crippen LogP contribution >= 0.6 is 0 Å². The van der Waals surface area contributed by atoms with Gasteiger partial charge in [0.05, 0.1) is 25.4 Å². The lowest BCUT2D eigenvalue weighted by Gasteiger charge is -2.40. The van der Waals surface area contributed by atoms with Gasteiger partial charge in [0.2, 0.25) is 5.91 Å². The largest absolute Gasteiger partial charge is 0.394 e. The molecule has 1 aliphatic rings. The maximum atomic E-state index is 13.1. The SMILES string of the molecule is CC/C=C\C/C=C\C/C=C\C/C=C\C/C=C\C/C=C\C/C=C\C/C=C\CCCCCCCCC(=O)NC(COC1OC(CO)C(O)C(O)C1O)C(O)/C=C/CCCCCCCCCCCCCCCCCCCCCCCCCCCCCC. The Hall–Kier alpha value is -3.15. The molecule has 1 aliphatic heterocycles. The molecular formula is C75H131NO8. The maximum absolute atomic E-state index is 13.1. The third-order valence-electron chi connectivity index (χ3n) is 16.1. The van der Waals surface area contributed by atoms with E-state index in [0.29, 0.717) is 6.42 Å². The van der Waals surface area contributed by atoms with Gasteiger partial charge in [-0.25, -0.2) is 0 Å². The topological polar surface area (TPSA) is 149 Å². The summed E-state index contributed by atoms with van der Waals surface area (Å²) in [7, 11) is 0. The Kier molecular flexibility index (Phi) is 59.0. The zero-order valence-electron chi connectivity index (χ0n) is 54.1. The van der Waals surface area contributed by atoms with Gasteiger partial charge in [0.1, 0.15) is 24.4 Å². The summed E-state index contributed by atoms with van der Waals surface area (Å²) in [5.41, 5.74) is 0. The molecular weight excluding hydrogens is 1040 g/mol. The summed E-state index contributed by atoms with van der Waals surface area (Å²) in [4.78, 5) is 13.1. The lowest BCUT2D eigenvalue weighted by atomic mass is 9.99. The van der Waals surface area contributed by atoms with Gasteiger partial charge in [-0.2, -0.15) is 0 Å². The first kappa shape index (κ1) is 78.9. The zero-order valence-corrected chi connectivity index (χ0v) is 54.1. The number of carbonyl (C=O) groups is 1. The van der Waals surface area contributed by atoms with E-state index in [1.807, 2.05) is 6.08 Å². The molecule has 0 aromatic carbocycles. The Bertz CT molecular complexity index is 1690. The highest BCUT2D eigenvalue weighted by molar-refractivity contribution is 5.76. The van der Waals surface area contributed by atoms with Crippen LogP contribution in [0.25, 0.3) is 0 Å². The van der Waals surface area contributed by atoms with Crippen molar-refractivity contribution in [2.75, 3.05) is 13.2 Å². The van der Waals surface area contributed by atoms with Crippen molar-refractivity contribution in [2.45, 2.75) is 346 Å². The Balaban J connectivity index is 2.18. The van der Waals surface area contributed by atoms with Crippen molar-refractivity contribution in [2.24, 2.45) is 0 Å². The number of hydrogen-bond donors (Lipinski definition) is 6. The molecule has 484 valence electrons. The monoisotopic (exact) mass is 1170 g/mol. The smallest absolute Gasteiger partial charge is 0.220 e. The van der Waals surface area contributed by atoms with Gasteiger partial charge in [0.25, 0.3) is 0 Å². The molecule has 0 bridgehead atoms. The van der Waals surface area contributed by atoms with Crippen molar-refractivity contribution < 1.29 is 39.8 Å². The quantitative estimate of drug-likeness (QED) is 0.0261. The van der Waals surface area contributed by atoms with Gasteiger partial charge in [-0.1, -0.05) is 322 Å². The number of allylic oxidation sites excluding steroid dienone is 17. The van der Waals surface area contributed by atoms with Crippen LogP contribution in [0.3, 0.4) is 0 Å². The molecule has 7 atom stereocenters. The molecule has 7 unspecified atom stereocenters. The van der Waals surface area contributed by atoms with Crippen LogP contribution in [0.4, 0.5) is 0 Å². The number of nitrogens with one attached hydrogen (secondary N) is 1. The standard InChI is InChI=1S/C75H131NO8/c1-3-5-7-9-11-13-15-17-19-21-23-25-27-29-31-33-35-37-39-41-43-45-47-49-51-53-55-57-59-61-63-65-71(79)76-68(67-83-75-74(82)73(81)72(80)70(66-77)84-75)69(78)64-62-60-58-56-54-52-50-48-46-44-42-40-38-36-34-32-30-28-26-24-22-20-18-16-14-12-10-8-6-4-2/h5,7,11,13,17,19,23,25,29,31,35,37,41,43,47,49,62,64,68-70,72-75,77-78,80-82H,3-4,6,8-10,12,14-16,18,20-22,24,26-28,30,32-34,36,38-40,42,44-46,48,50-61,63,65-67H2,1-2H3,(H,76,79)/b7-5-,13-11-,19-17-,25-23-,31-29-,37-35-,43-41-,49-47-,64-62+. The summed E-state index contributed by atoms with van der Waals surface area (Å²) >= 11 is 0. The molecule has 1 amide bonds. The minimum absolute atomic E-state index is 0.192. The van der Waals surface area contributed by atoms with Gasteiger partial charge >= 0.3 is 0 Å². The maximum Gasteiger partial charge on any atom is 0.220 e. The lowest BCUT2D eigenvalue weighted by Crippen LogP contribution is -2.60.